The Balaban J connectivity index is 1.56. The lowest BCUT2D eigenvalue weighted by Gasteiger charge is -2.34. The first-order valence-corrected chi connectivity index (χ1v) is 13.7. The molecule has 0 unspecified atom stereocenters. The number of urea groups is 1. The Morgan fingerprint density at radius 2 is 1.63 bits per heavy atom. The van der Waals surface area contributed by atoms with E-state index < -0.39 is 6.04 Å². The fourth-order valence-electron chi connectivity index (χ4n) is 4.73. The smallest absolute Gasteiger partial charge is 0.332 e. The van der Waals surface area contributed by atoms with Crippen LogP contribution in [0.1, 0.15) is 16.7 Å². The van der Waals surface area contributed by atoms with E-state index in [4.69, 9.17) is 4.74 Å². The summed E-state index contributed by atoms with van der Waals surface area (Å²) < 4.78 is 5.28. The molecular weight excluding hydrogens is 518 g/mol. The van der Waals surface area contributed by atoms with Crippen LogP contribution in [0.15, 0.2) is 97.6 Å². The Hall–Kier alpha value is -4.63. The second-order valence-corrected chi connectivity index (χ2v) is 9.82. The maximum absolute atomic E-state index is 13.9. The highest BCUT2D eigenvalue weighted by molar-refractivity contribution is 5.89. The molecule has 9 nitrogen and oxygen atoms in total. The normalized spacial score (nSPS) is 16.1. The Morgan fingerprint density at radius 1 is 0.976 bits per heavy atom. The predicted octanol–water partition coefficient (Wildman–Crippen LogP) is 3.38. The molecule has 0 radical (unpaired) electrons. The third kappa shape index (κ3) is 8.43. The molecule has 4 rings (SSSR count). The molecule has 1 saturated heterocycles. The predicted molar refractivity (Wildman–Crippen MR) is 158 cm³/mol. The van der Waals surface area contributed by atoms with Gasteiger partial charge in [-0.2, -0.15) is 0 Å². The zero-order valence-electron chi connectivity index (χ0n) is 23.4. The van der Waals surface area contributed by atoms with E-state index >= 15 is 0 Å². The van der Waals surface area contributed by atoms with Crippen molar-refractivity contribution in [3.63, 3.8) is 0 Å². The van der Waals surface area contributed by atoms with E-state index in [9.17, 15) is 14.4 Å². The van der Waals surface area contributed by atoms with E-state index in [2.05, 4.69) is 17.2 Å². The number of amides is 4. The largest absolute Gasteiger partial charge is 0.497 e. The number of hydrazine groups is 1. The molecule has 1 atom stereocenters. The standard InChI is InChI=1S/C32H37N5O4/c1-3-18-37(32(40)33-22-26-12-8-5-9-13-26)36-20-19-35(23-27-14-16-28(41-2)17-15-27)31(39)29(34-30(38)24-36)21-25-10-6-4-7-11-25/h3-17,29H,1,18-24H2,2H3,(H,33,40)(H,34,38)/t29-/m0/s1. The minimum Gasteiger partial charge on any atom is -0.497 e. The molecule has 1 heterocycles. The second-order valence-electron chi connectivity index (χ2n) is 9.82. The van der Waals surface area contributed by atoms with Gasteiger partial charge in [-0.15, -0.1) is 6.58 Å². The topological polar surface area (TPSA) is 94.2 Å². The Bertz CT molecular complexity index is 1300. The van der Waals surface area contributed by atoms with E-state index in [1.807, 2.05) is 84.9 Å². The Morgan fingerprint density at radius 3 is 2.27 bits per heavy atom. The van der Waals surface area contributed by atoms with Gasteiger partial charge < -0.3 is 20.3 Å². The molecule has 2 N–H and O–H groups in total. The van der Waals surface area contributed by atoms with Crippen LogP contribution in [-0.4, -0.2) is 72.1 Å². The van der Waals surface area contributed by atoms with Crippen molar-refractivity contribution in [3.05, 3.63) is 114 Å². The van der Waals surface area contributed by atoms with Gasteiger partial charge in [0.15, 0.2) is 0 Å². The molecule has 0 aliphatic carbocycles. The summed E-state index contributed by atoms with van der Waals surface area (Å²) in [6.07, 6.45) is 1.98. The fraction of sp³-hybridized carbons (Fsp3) is 0.281. The summed E-state index contributed by atoms with van der Waals surface area (Å²) in [7, 11) is 1.61. The monoisotopic (exact) mass is 555 g/mol. The maximum atomic E-state index is 13.9. The van der Waals surface area contributed by atoms with Crippen molar-refractivity contribution in [2.24, 2.45) is 0 Å². The summed E-state index contributed by atoms with van der Waals surface area (Å²) in [5.41, 5.74) is 2.83. The van der Waals surface area contributed by atoms with Crippen LogP contribution in [-0.2, 0) is 29.1 Å². The third-order valence-electron chi connectivity index (χ3n) is 6.88. The van der Waals surface area contributed by atoms with Gasteiger partial charge in [0.1, 0.15) is 11.8 Å². The van der Waals surface area contributed by atoms with E-state index in [-0.39, 0.29) is 37.5 Å². The van der Waals surface area contributed by atoms with Gasteiger partial charge in [0.25, 0.3) is 0 Å². The van der Waals surface area contributed by atoms with Crippen LogP contribution in [0.5, 0.6) is 5.75 Å². The van der Waals surface area contributed by atoms with Gasteiger partial charge in [-0.1, -0.05) is 78.9 Å². The van der Waals surface area contributed by atoms with E-state index in [1.54, 1.807) is 23.1 Å². The molecule has 1 fully saturated rings. The molecule has 0 spiro atoms. The number of benzene rings is 3. The first kappa shape index (κ1) is 29.4. The van der Waals surface area contributed by atoms with Crippen LogP contribution in [0.3, 0.4) is 0 Å². The van der Waals surface area contributed by atoms with Crippen LogP contribution < -0.4 is 15.4 Å². The van der Waals surface area contributed by atoms with Crippen molar-refractivity contribution in [3.8, 4) is 5.75 Å². The van der Waals surface area contributed by atoms with E-state index in [0.29, 0.717) is 26.1 Å². The lowest BCUT2D eigenvalue weighted by molar-refractivity contribution is -0.136. The van der Waals surface area contributed by atoms with Gasteiger partial charge >= 0.3 is 6.03 Å². The summed E-state index contributed by atoms with van der Waals surface area (Å²) in [6.45, 7) is 5.20. The summed E-state index contributed by atoms with van der Waals surface area (Å²) >= 11 is 0. The van der Waals surface area contributed by atoms with Crippen molar-refractivity contribution in [2.45, 2.75) is 25.6 Å². The number of ether oxygens (including phenoxy) is 1. The van der Waals surface area contributed by atoms with Crippen LogP contribution in [0.25, 0.3) is 0 Å². The van der Waals surface area contributed by atoms with Gasteiger partial charge in [-0.25, -0.2) is 9.80 Å². The third-order valence-corrected chi connectivity index (χ3v) is 6.88. The quantitative estimate of drug-likeness (QED) is 0.374. The van der Waals surface area contributed by atoms with E-state index in [0.717, 1.165) is 22.4 Å². The average Bonchev–Trinajstić information content (AvgIpc) is 3.05. The fourth-order valence-corrected chi connectivity index (χ4v) is 4.73. The molecule has 4 amide bonds. The molecule has 1 aliphatic heterocycles. The molecule has 214 valence electrons. The lowest BCUT2D eigenvalue weighted by Crippen LogP contribution is -2.54. The van der Waals surface area contributed by atoms with Gasteiger partial charge in [0.2, 0.25) is 11.8 Å². The van der Waals surface area contributed by atoms with E-state index in [1.165, 1.54) is 5.01 Å². The SMILES string of the molecule is C=CCN(C(=O)NCc1ccccc1)N1CCN(Cc2ccc(OC)cc2)C(=O)[C@H](Cc2ccccc2)NC(=O)C1. The zero-order chi connectivity index (χ0) is 29.0. The molecule has 0 saturated carbocycles. The Labute approximate surface area is 241 Å². The minimum atomic E-state index is -0.747. The molecule has 3 aromatic carbocycles. The second kappa shape index (κ2) is 14.7. The molecule has 3 aromatic rings. The first-order chi connectivity index (χ1) is 20.0. The van der Waals surface area contributed by atoms with Crippen LogP contribution in [0, 0.1) is 0 Å². The molecule has 9 heteroatoms. The lowest BCUT2D eigenvalue weighted by atomic mass is 10.0. The Kier molecular flexibility index (Phi) is 10.5. The number of carbonyl (C=O) groups excluding carboxylic acids is 3. The minimum absolute atomic E-state index is 0.0818. The first-order valence-electron chi connectivity index (χ1n) is 13.7. The number of carbonyl (C=O) groups is 3. The molecule has 0 bridgehead atoms. The highest BCUT2D eigenvalue weighted by atomic mass is 16.5. The van der Waals surface area contributed by atoms with Crippen molar-refractivity contribution >= 4 is 17.8 Å². The van der Waals surface area contributed by atoms with Gasteiger partial charge in [-0.3, -0.25) is 14.6 Å². The number of rotatable bonds is 10. The molecule has 0 aromatic heterocycles. The maximum Gasteiger partial charge on any atom is 0.332 e. The highest BCUT2D eigenvalue weighted by Crippen LogP contribution is 2.16. The molecule has 1 aliphatic rings. The summed E-state index contributed by atoms with van der Waals surface area (Å²) in [6, 6.07) is 25.7. The van der Waals surface area contributed by atoms with Crippen LogP contribution >= 0.6 is 0 Å². The number of hydrogen-bond donors (Lipinski definition) is 2. The van der Waals surface area contributed by atoms with Crippen LogP contribution in [0.4, 0.5) is 4.79 Å². The summed E-state index contributed by atoms with van der Waals surface area (Å²) in [4.78, 5) is 42.2. The van der Waals surface area contributed by atoms with Crippen molar-refractivity contribution in [1.29, 1.82) is 0 Å². The van der Waals surface area contributed by atoms with Crippen molar-refractivity contribution in [2.75, 3.05) is 33.3 Å². The average molecular weight is 556 g/mol. The van der Waals surface area contributed by atoms with Crippen LogP contribution in [0.2, 0.25) is 0 Å². The number of nitrogens with one attached hydrogen (secondary N) is 2. The number of hydrogen-bond acceptors (Lipinski definition) is 5. The van der Waals surface area contributed by atoms with Crippen molar-refractivity contribution < 1.29 is 19.1 Å². The highest BCUT2D eigenvalue weighted by Gasteiger charge is 2.32. The van der Waals surface area contributed by atoms with Gasteiger partial charge in [0, 0.05) is 32.6 Å². The summed E-state index contributed by atoms with van der Waals surface area (Å²) in [5.74, 6) is 0.214. The molecule has 41 heavy (non-hydrogen) atoms. The number of methoxy groups -OCH3 is 1. The molecular formula is C32H37N5O4. The zero-order valence-corrected chi connectivity index (χ0v) is 23.4. The van der Waals surface area contributed by atoms with Gasteiger partial charge in [0.05, 0.1) is 20.2 Å². The van der Waals surface area contributed by atoms with Crippen molar-refractivity contribution in [1.82, 2.24) is 25.6 Å². The van der Waals surface area contributed by atoms with Gasteiger partial charge in [-0.05, 0) is 28.8 Å². The number of nitrogens with zero attached hydrogens (tertiary/aromatic N) is 3. The summed E-state index contributed by atoms with van der Waals surface area (Å²) in [5, 5.41) is 9.02.